The summed E-state index contributed by atoms with van der Waals surface area (Å²) in [7, 11) is 0. The van der Waals surface area contributed by atoms with E-state index in [1.807, 2.05) is 12.1 Å². The first kappa shape index (κ1) is 26.7. The Bertz CT molecular complexity index is 326. The Morgan fingerprint density at radius 2 is 1.00 bits per heavy atom. The predicted octanol–water partition coefficient (Wildman–Crippen LogP) is 4.13. The standard InChI is InChI=1S/C22H37.BrH.Mg/c1-2-3-4-5-6-7-8-9-10-11-12-13-14-16-19-22-20-17-15-18-21-22;;/h17-18,20-21H,2-14,16,19H2,1H3;1H;/q-1;;+2/p-1. The van der Waals surface area contributed by atoms with Gasteiger partial charge in [-0.3, -0.25) is 0 Å². The smallest absolute Gasteiger partial charge is 1.00 e. The van der Waals surface area contributed by atoms with Crippen LogP contribution in [0.1, 0.15) is 102 Å². The minimum Gasteiger partial charge on any atom is -1.00 e. The quantitative estimate of drug-likeness (QED) is 0.234. The molecule has 0 fully saturated rings. The first-order chi connectivity index (χ1) is 10.9. The molecule has 0 spiro atoms. The van der Waals surface area contributed by atoms with Crippen LogP contribution in [0.2, 0.25) is 0 Å². The van der Waals surface area contributed by atoms with Gasteiger partial charge in [0.2, 0.25) is 0 Å². The Morgan fingerprint density at radius 3 is 1.42 bits per heavy atom. The molecule has 0 aliphatic rings. The minimum absolute atomic E-state index is 0. The number of unbranched alkanes of at least 4 members (excludes halogenated alkanes) is 13. The van der Waals surface area contributed by atoms with Crippen LogP contribution in [0, 0.1) is 6.07 Å². The van der Waals surface area contributed by atoms with Crippen LogP contribution in [0.4, 0.5) is 0 Å². The van der Waals surface area contributed by atoms with Crippen LogP contribution in [-0.2, 0) is 6.42 Å². The third-order valence-electron chi connectivity index (χ3n) is 4.61. The topological polar surface area (TPSA) is 0 Å². The van der Waals surface area contributed by atoms with Crippen molar-refractivity contribution >= 4 is 23.1 Å². The second-order valence-electron chi connectivity index (χ2n) is 6.75. The monoisotopic (exact) mass is 404 g/mol. The molecular weight excluding hydrogens is 368 g/mol. The van der Waals surface area contributed by atoms with Crippen molar-refractivity contribution in [1.29, 1.82) is 0 Å². The van der Waals surface area contributed by atoms with Crippen molar-refractivity contribution in [1.82, 2.24) is 0 Å². The fourth-order valence-electron chi connectivity index (χ4n) is 3.11. The Hall–Kier alpha value is 0.466. The molecule has 1 rings (SSSR count). The number of hydrogen-bond donors (Lipinski definition) is 0. The molecule has 134 valence electrons. The second-order valence-corrected chi connectivity index (χ2v) is 6.75. The molecule has 0 aliphatic heterocycles. The van der Waals surface area contributed by atoms with Gasteiger partial charge in [0.05, 0.1) is 0 Å². The molecule has 1 aromatic carbocycles. The van der Waals surface area contributed by atoms with E-state index in [0.717, 1.165) is 0 Å². The molecule has 0 saturated carbocycles. The molecule has 0 aromatic heterocycles. The number of benzene rings is 1. The van der Waals surface area contributed by atoms with Crippen LogP contribution in [-0.4, -0.2) is 23.1 Å². The molecule has 0 amide bonds. The van der Waals surface area contributed by atoms with Crippen LogP contribution < -0.4 is 17.0 Å². The SMILES string of the molecule is CCCCCCCCCCCCCCCCc1cc[c-]cc1.[Br-].[Mg+2]. The van der Waals surface area contributed by atoms with Gasteiger partial charge in [0, 0.05) is 0 Å². The van der Waals surface area contributed by atoms with Crippen molar-refractivity contribution in [3.8, 4) is 0 Å². The summed E-state index contributed by atoms with van der Waals surface area (Å²) in [5.41, 5.74) is 1.47. The zero-order valence-corrected chi connectivity index (χ0v) is 19.0. The minimum atomic E-state index is 0. The number of aryl methyl sites for hydroxylation is 1. The molecule has 0 atom stereocenters. The van der Waals surface area contributed by atoms with E-state index in [9.17, 15) is 0 Å². The van der Waals surface area contributed by atoms with Crippen molar-refractivity contribution in [2.45, 2.75) is 103 Å². The summed E-state index contributed by atoms with van der Waals surface area (Å²) in [6.07, 6.45) is 21.4. The van der Waals surface area contributed by atoms with E-state index < -0.39 is 0 Å². The van der Waals surface area contributed by atoms with Gasteiger partial charge >= 0.3 is 23.1 Å². The Balaban J connectivity index is 0. The summed E-state index contributed by atoms with van der Waals surface area (Å²) in [6, 6.07) is 11.5. The first-order valence-corrected chi connectivity index (χ1v) is 9.88. The van der Waals surface area contributed by atoms with E-state index in [0.29, 0.717) is 0 Å². The van der Waals surface area contributed by atoms with Gasteiger partial charge in [-0.05, 0) is 0 Å². The van der Waals surface area contributed by atoms with Crippen molar-refractivity contribution < 1.29 is 17.0 Å². The predicted molar refractivity (Wildman–Crippen MR) is 105 cm³/mol. The normalized spacial score (nSPS) is 10.0. The Labute approximate surface area is 178 Å². The summed E-state index contributed by atoms with van der Waals surface area (Å²) in [4.78, 5) is 0. The van der Waals surface area contributed by atoms with Crippen LogP contribution in [0.15, 0.2) is 24.3 Å². The van der Waals surface area contributed by atoms with E-state index in [-0.39, 0.29) is 40.0 Å². The van der Waals surface area contributed by atoms with Gasteiger partial charge in [-0.25, -0.2) is 0 Å². The van der Waals surface area contributed by atoms with Crippen molar-refractivity contribution in [2.24, 2.45) is 0 Å². The molecule has 0 nitrogen and oxygen atoms in total. The van der Waals surface area contributed by atoms with Crippen molar-refractivity contribution in [3.05, 3.63) is 35.9 Å². The second kappa shape index (κ2) is 21.5. The van der Waals surface area contributed by atoms with E-state index in [1.165, 1.54) is 102 Å². The number of rotatable bonds is 15. The largest absolute Gasteiger partial charge is 2.00 e. The van der Waals surface area contributed by atoms with Gasteiger partial charge in [-0.1, -0.05) is 103 Å². The van der Waals surface area contributed by atoms with Gasteiger partial charge in [0.15, 0.2) is 0 Å². The molecule has 0 saturated heterocycles. The number of halogens is 1. The fraction of sp³-hybridized carbons (Fsp3) is 0.727. The van der Waals surface area contributed by atoms with Gasteiger partial charge < -0.3 is 17.0 Å². The first-order valence-electron chi connectivity index (χ1n) is 9.88. The molecule has 0 aliphatic carbocycles. The maximum Gasteiger partial charge on any atom is 2.00 e. The molecule has 0 bridgehead atoms. The van der Waals surface area contributed by atoms with Crippen LogP contribution in [0.5, 0.6) is 0 Å². The summed E-state index contributed by atoms with van der Waals surface area (Å²) in [6.45, 7) is 2.29. The van der Waals surface area contributed by atoms with Crippen LogP contribution >= 0.6 is 0 Å². The third-order valence-corrected chi connectivity index (χ3v) is 4.61. The number of hydrogen-bond acceptors (Lipinski definition) is 0. The molecular formula is C22H37BrMg. The molecule has 0 radical (unpaired) electrons. The van der Waals surface area contributed by atoms with Crippen LogP contribution in [0.25, 0.3) is 0 Å². The maximum atomic E-state index is 3.08. The van der Waals surface area contributed by atoms with Crippen molar-refractivity contribution in [2.75, 3.05) is 0 Å². The van der Waals surface area contributed by atoms with E-state index in [4.69, 9.17) is 0 Å². The van der Waals surface area contributed by atoms with Gasteiger partial charge in [-0.15, -0.1) is 0 Å². The molecule has 0 N–H and O–H groups in total. The fourth-order valence-corrected chi connectivity index (χ4v) is 3.11. The maximum absolute atomic E-state index is 3.08. The molecule has 0 unspecified atom stereocenters. The molecule has 1 aromatic rings. The third kappa shape index (κ3) is 17.3. The molecule has 2 heteroatoms. The summed E-state index contributed by atoms with van der Waals surface area (Å²) < 4.78 is 0. The van der Waals surface area contributed by atoms with Gasteiger partial charge in [-0.2, -0.15) is 35.9 Å². The Kier molecular flexibility index (Phi) is 23.9. The summed E-state index contributed by atoms with van der Waals surface area (Å²) in [5.74, 6) is 0. The van der Waals surface area contributed by atoms with Crippen LogP contribution in [0.3, 0.4) is 0 Å². The zero-order chi connectivity index (χ0) is 15.7. The summed E-state index contributed by atoms with van der Waals surface area (Å²) in [5, 5.41) is 0. The van der Waals surface area contributed by atoms with E-state index in [1.54, 1.807) is 0 Å². The van der Waals surface area contributed by atoms with Gasteiger partial charge in [0.1, 0.15) is 0 Å². The summed E-state index contributed by atoms with van der Waals surface area (Å²) >= 11 is 0. The molecule has 24 heavy (non-hydrogen) atoms. The van der Waals surface area contributed by atoms with E-state index in [2.05, 4.69) is 25.1 Å². The zero-order valence-electron chi connectivity index (χ0n) is 16.0. The average molecular weight is 406 g/mol. The van der Waals surface area contributed by atoms with E-state index >= 15 is 0 Å². The van der Waals surface area contributed by atoms with Gasteiger partial charge in [0.25, 0.3) is 0 Å². The van der Waals surface area contributed by atoms with Crippen molar-refractivity contribution in [3.63, 3.8) is 0 Å². The molecule has 0 heterocycles. The average Bonchev–Trinajstić information content (AvgIpc) is 2.56. The Morgan fingerprint density at radius 1 is 0.625 bits per heavy atom.